The Balaban J connectivity index is 2.31. The molecule has 0 aromatic heterocycles. The zero-order valence-electron chi connectivity index (χ0n) is 11.2. The minimum atomic E-state index is -2.11. The molecule has 2 aromatic rings. The van der Waals surface area contributed by atoms with Gasteiger partial charge in [0.05, 0.1) is 0 Å². The molecule has 0 bridgehead atoms. The van der Waals surface area contributed by atoms with Gasteiger partial charge in [0.2, 0.25) is 0 Å². The highest BCUT2D eigenvalue weighted by Gasteiger charge is 2.40. The van der Waals surface area contributed by atoms with Crippen LogP contribution < -0.4 is 9.47 Å². The number of phenolic OH excluding ortho intramolecular Hbond substituents is 2. The number of rotatable bonds is 5. The fraction of sp³-hybridized carbons (Fsp3) is 0.133. The molecule has 0 aliphatic carbocycles. The normalized spacial score (nSPS) is 10.9. The lowest BCUT2D eigenvalue weighted by Crippen LogP contribution is -2.47. The van der Waals surface area contributed by atoms with E-state index in [1.807, 2.05) is 0 Å². The summed E-state index contributed by atoms with van der Waals surface area (Å²) < 4.78 is 10.5. The number of para-hydroxylation sites is 4. The van der Waals surface area contributed by atoms with Crippen LogP contribution in [0, 0.1) is 0 Å². The number of aromatic hydroxyl groups is 2. The van der Waals surface area contributed by atoms with Crippen molar-refractivity contribution in [3.05, 3.63) is 48.5 Å². The van der Waals surface area contributed by atoms with Gasteiger partial charge >= 0.3 is 11.8 Å². The summed E-state index contributed by atoms with van der Waals surface area (Å²) in [5.41, 5.74) is 0. The maximum absolute atomic E-state index is 11.4. The van der Waals surface area contributed by atoms with Gasteiger partial charge in [-0.3, -0.25) is 0 Å². The second-order valence-corrected chi connectivity index (χ2v) is 4.39. The van der Waals surface area contributed by atoms with E-state index in [-0.39, 0.29) is 23.0 Å². The smallest absolute Gasteiger partial charge is 0.390 e. The Labute approximate surface area is 120 Å². The van der Waals surface area contributed by atoms with E-state index in [1.165, 1.54) is 31.2 Å². The summed E-state index contributed by atoms with van der Waals surface area (Å²) in [7, 11) is 0. The molecule has 0 saturated heterocycles. The first-order valence-corrected chi connectivity index (χ1v) is 6.10. The number of carboxylic acids is 1. The molecular weight excluding hydrogens is 276 g/mol. The van der Waals surface area contributed by atoms with Gasteiger partial charge in [0.25, 0.3) is 0 Å². The molecule has 6 nitrogen and oxygen atoms in total. The van der Waals surface area contributed by atoms with E-state index in [0.717, 1.165) is 0 Å². The van der Waals surface area contributed by atoms with Gasteiger partial charge in [0, 0.05) is 6.92 Å². The Morgan fingerprint density at radius 2 is 1.29 bits per heavy atom. The minimum absolute atomic E-state index is 0.0437. The highest BCUT2D eigenvalue weighted by molar-refractivity contribution is 5.76. The summed E-state index contributed by atoms with van der Waals surface area (Å²) in [5.74, 6) is -4.04. The molecule has 0 atom stereocenters. The molecule has 0 unspecified atom stereocenters. The van der Waals surface area contributed by atoms with Gasteiger partial charge in [0.15, 0.2) is 23.0 Å². The molecule has 21 heavy (non-hydrogen) atoms. The van der Waals surface area contributed by atoms with Crippen LogP contribution in [-0.4, -0.2) is 27.1 Å². The minimum Gasteiger partial charge on any atom is -0.504 e. The summed E-state index contributed by atoms with van der Waals surface area (Å²) in [6.07, 6.45) is 0. The second kappa shape index (κ2) is 5.62. The summed E-state index contributed by atoms with van der Waals surface area (Å²) in [6, 6.07) is 11.8. The SMILES string of the molecule is CC(Oc1ccccc1O)(Oc1ccccc1O)C(=O)O. The topological polar surface area (TPSA) is 96.2 Å². The summed E-state index contributed by atoms with van der Waals surface area (Å²) >= 11 is 0. The van der Waals surface area contributed by atoms with Crippen LogP contribution in [0.5, 0.6) is 23.0 Å². The first-order chi connectivity index (χ1) is 9.92. The number of aliphatic carboxylic acids is 1. The van der Waals surface area contributed by atoms with E-state index in [0.29, 0.717) is 0 Å². The second-order valence-electron chi connectivity index (χ2n) is 4.39. The largest absolute Gasteiger partial charge is 0.504 e. The van der Waals surface area contributed by atoms with Crippen LogP contribution in [-0.2, 0) is 4.79 Å². The third kappa shape index (κ3) is 3.17. The molecule has 3 N–H and O–H groups in total. The van der Waals surface area contributed by atoms with Gasteiger partial charge < -0.3 is 24.8 Å². The van der Waals surface area contributed by atoms with Crippen molar-refractivity contribution in [1.29, 1.82) is 0 Å². The third-order valence-corrected chi connectivity index (χ3v) is 2.73. The fourth-order valence-electron chi connectivity index (χ4n) is 1.61. The van der Waals surface area contributed by atoms with E-state index in [2.05, 4.69) is 0 Å². The van der Waals surface area contributed by atoms with Crippen LogP contribution >= 0.6 is 0 Å². The Kier molecular flexibility index (Phi) is 3.89. The average Bonchev–Trinajstić information content (AvgIpc) is 2.44. The van der Waals surface area contributed by atoms with Crippen molar-refractivity contribution < 1.29 is 29.6 Å². The number of carboxylic acid groups (broad SMARTS) is 1. The molecule has 0 aliphatic heterocycles. The van der Waals surface area contributed by atoms with Gasteiger partial charge in [-0.05, 0) is 24.3 Å². The number of carbonyl (C=O) groups is 1. The lowest BCUT2D eigenvalue weighted by molar-refractivity contribution is -0.181. The van der Waals surface area contributed by atoms with E-state index >= 15 is 0 Å². The maximum Gasteiger partial charge on any atom is 0.390 e. The molecule has 0 spiro atoms. The van der Waals surface area contributed by atoms with Gasteiger partial charge in [0.1, 0.15) is 0 Å². The van der Waals surface area contributed by atoms with Crippen molar-refractivity contribution in [3.8, 4) is 23.0 Å². The van der Waals surface area contributed by atoms with Gasteiger partial charge in [-0.1, -0.05) is 24.3 Å². The van der Waals surface area contributed by atoms with Crippen LogP contribution in [0.15, 0.2) is 48.5 Å². The Hall–Kier alpha value is -2.89. The monoisotopic (exact) mass is 290 g/mol. The third-order valence-electron chi connectivity index (χ3n) is 2.73. The molecule has 0 aliphatic rings. The van der Waals surface area contributed by atoms with Gasteiger partial charge in [-0.25, -0.2) is 4.79 Å². The van der Waals surface area contributed by atoms with Crippen LogP contribution in [0.2, 0.25) is 0 Å². The number of hydrogen-bond acceptors (Lipinski definition) is 5. The van der Waals surface area contributed by atoms with Gasteiger partial charge in [-0.15, -0.1) is 0 Å². The lowest BCUT2D eigenvalue weighted by atomic mass is 10.2. The molecule has 2 rings (SSSR count). The van der Waals surface area contributed by atoms with E-state index < -0.39 is 11.8 Å². The van der Waals surface area contributed by atoms with Crippen LogP contribution in [0.25, 0.3) is 0 Å². The van der Waals surface area contributed by atoms with Crippen molar-refractivity contribution in [2.24, 2.45) is 0 Å². The maximum atomic E-state index is 11.4. The number of hydrogen-bond donors (Lipinski definition) is 3. The molecule has 6 heteroatoms. The molecule has 0 amide bonds. The molecule has 0 radical (unpaired) electrons. The van der Waals surface area contributed by atoms with Crippen LogP contribution in [0.3, 0.4) is 0 Å². The van der Waals surface area contributed by atoms with Crippen molar-refractivity contribution in [3.63, 3.8) is 0 Å². The number of ether oxygens (including phenoxy) is 2. The molecular formula is C15H14O6. The molecule has 2 aromatic carbocycles. The number of phenols is 2. The van der Waals surface area contributed by atoms with Crippen LogP contribution in [0.1, 0.15) is 6.92 Å². The highest BCUT2D eigenvalue weighted by Crippen LogP contribution is 2.33. The van der Waals surface area contributed by atoms with Crippen LogP contribution in [0.4, 0.5) is 0 Å². The fourth-order valence-corrected chi connectivity index (χ4v) is 1.61. The predicted molar refractivity (Wildman–Crippen MR) is 73.5 cm³/mol. The van der Waals surface area contributed by atoms with E-state index in [1.54, 1.807) is 24.3 Å². The summed E-state index contributed by atoms with van der Waals surface area (Å²) in [4.78, 5) is 11.4. The Morgan fingerprint density at radius 3 is 1.62 bits per heavy atom. The number of benzene rings is 2. The lowest BCUT2D eigenvalue weighted by Gasteiger charge is -2.27. The highest BCUT2D eigenvalue weighted by atomic mass is 16.7. The Morgan fingerprint density at radius 1 is 0.905 bits per heavy atom. The van der Waals surface area contributed by atoms with Gasteiger partial charge in [-0.2, -0.15) is 0 Å². The molecule has 110 valence electrons. The zero-order valence-corrected chi connectivity index (χ0v) is 11.2. The molecule has 0 heterocycles. The Bertz CT molecular complexity index is 605. The quantitative estimate of drug-likeness (QED) is 0.731. The zero-order chi connectivity index (χ0) is 15.5. The molecule has 0 fully saturated rings. The molecule has 0 saturated carbocycles. The summed E-state index contributed by atoms with van der Waals surface area (Å²) in [6.45, 7) is 1.17. The van der Waals surface area contributed by atoms with E-state index in [4.69, 9.17) is 9.47 Å². The predicted octanol–water partition coefficient (Wildman–Crippen LogP) is 2.36. The first kappa shape index (κ1) is 14.5. The van der Waals surface area contributed by atoms with Crippen molar-refractivity contribution >= 4 is 5.97 Å². The van der Waals surface area contributed by atoms with Crippen molar-refractivity contribution in [2.75, 3.05) is 0 Å². The average molecular weight is 290 g/mol. The van der Waals surface area contributed by atoms with E-state index in [9.17, 15) is 20.1 Å². The van der Waals surface area contributed by atoms with Crippen molar-refractivity contribution in [1.82, 2.24) is 0 Å². The first-order valence-electron chi connectivity index (χ1n) is 6.10. The summed E-state index contributed by atoms with van der Waals surface area (Å²) in [5, 5.41) is 28.6. The van der Waals surface area contributed by atoms with Crippen molar-refractivity contribution in [2.45, 2.75) is 12.7 Å². The standard InChI is InChI=1S/C15H14O6/c1-15(14(18)19,20-12-8-4-2-6-10(12)16)21-13-9-5-3-7-11(13)17/h2-9,16-17H,1H3,(H,18,19).